The lowest BCUT2D eigenvalue weighted by molar-refractivity contribution is 0.811. The Labute approximate surface area is 104 Å². The molecule has 1 heterocycles. The maximum Gasteiger partial charge on any atom is 0.0227 e. The molecule has 1 aromatic carbocycles. The van der Waals surface area contributed by atoms with Crippen LogP contribution in [-0.2, 0) is 7.05 Å². The first kappa shape index (κ1) is 11.4. The van der Waals surface area contributed by atoms with Crippen LogP contribution in [0.15, 0.2) is 47.2 Å². The highest BCUT2D eigenvalue weighted by Gasteiger charge is 2.12. The van der Waals surface area contributed by atoms with Crippen molar-refractivity contribution in [2.45, 2.75) is 5.92 Å². The van der Waals surface area contributed by atoms with Gasteiger partial charge in [0.1, 0.15) is 0 Å². The van der Waals surface area contributed by atoms with Crippen LogP contribution in [0.25, 0.3) is 0 Å². The third-order valence-electron chi connectivity index (χ3n) is 2.77. The van der Waals surface area contributed by atoms with E-state index in [9.17, 15) is 0 Å². The van der Waals surface area contributed by atoms with Gasteiger partial charge in [-0.1, -0.05) is 28.1 Å². The van der Waals surface area contributed by atoms with Gasteiger partial charge in [0.25, 0.3) is 0 Å². The third-order valence-corrected chi connectivity index (χ3v) is 3.29. The monoisotopic (exact) mass is 278 g/mol. The molecule has 0 aliphatic heterocycles. The van der Waals surface area contributed by atoms with Crippen molar-refractivity contribution in [2.24, 2.45) is 12.8 Å². The van der Waals surface area contributed by atoms with E-state index in [1.54, 1.807) is 0 Å². The third kappa shape index (κ3) is 2.36. The van der Waals surface area contributed by atoms with Crippen molar-refractivity contribution in [2.75, 3.05) is 6.54 Å². The highest BCUT2D eigenvalue weighted by molar-refractivity contribution is 9.10. The minimum absolute atomic E-state index is 0.286. The van der Waals surface area contributed by atoms with Crippen LogP contribution in [-0.4, -0.2) is 11.1 Å². The standard InChI is InChI=1S/C13H15BrN2/c1-16-7-6-11(9-16)13(8-15)10-2-4-12(14)5-3-10/h2-7,9,13H,8,15H2,1H3. The first-order valence-corrected chi connectivity index (χ1v) is 6.07. The molecule has 0 saturated carbocycles. The molecule has 0 aliphatic rings. The van der Waals surface area contributed by atoms with E-state index in [0.29, 0.717) is 6.54 Å². The molecule has 2 N–H and O–H groups in total. The SMILES string of the molecule is Cn1ccc(C(CN)c2ccc(Br)cc2)c1. The van der Waals surface area contributed by atoms with Gasteiger partial charge in [0.15, 0.2) is 0 Å². The molecule has 0 radical (unpaired) electrons. The van der Waals surface area contributed by atoms with Crippen LogP contribution in [0, 0.1) is 0 Å². The van der Waals surface area contributed by atoms with E-state index in [0.717, 1.165) is 4.47 Å². The van der Waals surface area contributed by atoms with Gasteiger partial charge in [-0.05, 0) is 29.3 Å². The zero-order valence-electron chi connectivity index (χ0n) is 9.23. The summed E-state index contributed by atoms with van der Waals surface area (Å²) in [7, 11) is 2.03. The van der Waals surface area contributed by atoms with Gasteiger partial charge in [0.05, 0.1) is 0 Å². The minimum Gasteiger partial charge on any atom is -0.357 e. The van der Waals surface area contributed by atoms with E-state index in [1.165, 1.54) is 11.1 Å². The molecule has 2 aromatic rings. The molecular weight excluding hydrogens is 264 g/mol. The first-order valence-electron chi connectivity index (χ1n) is 5.28. The molecule has 84 valence electrons. The molecule has 1 unspecified atom stereocenters. The Morgan fingerprint density at radius 1 is 1.19 bits per heavy atom. The smallest absolute Gasteiger partial charge is 0.0227 e. The summed E-state index contributed by atoms with van der Waals surface area (Å²) in [5, 5.41) is 0. The van der Waals surface area contributed by atoms with E-state index in [1.807, 2.05) is 7.05 Å². The molecule has 3 heteroatoms. The molecule has 0 spiro atoms. The normalized spacial score (nSPS) is 12.7. The van der Waals surface area contributed by atoms with E-state index >= 15 is 0 Å². The lowest BCUT2D eigenvalue weighted by Gasteiger charge is -2.13. The molecule has 1 atom stereocenters. The summed E-state index contributed by atoms with van der Waals surface area (Å²) < 4.78 is 3.15. The van der Waals surface area contributed by atoms with E-state index in [-0.39, 0.29) is 5.92 Å². The Kier molecular flexibility index (Phi) is 3.46. The second-order valence-electron chi connectivity index (χ2n) is 3.95. The molecule has 1 aromatic heterocycles. The number of rotatable bonds is 3. The number of nitrogens with two attached hydrogens (primary N) is 1. The number of nitrogens with zero attached hydrogens (tertiary/aromatic N) is 1. The first-order chi connectivity index (χ1) is 7.70. The molecule has 0 aliphatic carbocycles. The number of aryl methyl sites for hydroxylation is 1. The summed E-state index contributed by atoms with van der Waals surface area (Å²) in [4.78, 5) is 0. The van der Waals surface area contributed by atoms with Crippen molar-refractivity contribution in [3.05, 3.63) is 58.3 Å². The van der Waals surface area contributed by atoms with Crippen molar-refractivity contribution < 1.29 is 0 Å². The number of benzene rings is 1. The zero-order chi connectivity index (χ0) is 11.5. The van der Waals surface area contributed by atoms with Crippen LogP contribution in [0.5, 0.6) is 0 Å². The Balaban J connectivity index is 2.32. The average molecular weight is 279 g/mol. The van der Waals surface area contributed by atoms with Gasteiger partial charge in [0, 0.05) is 36.4 Å². The highest BCUT2D eigenvalue weighted by Crippen LogP contribution is 2.25. The molecule has 2 nitrogen and oxygen atoms in total. The lowest BCUT2D eigenvalue weighted by atomic mass is 9.93. The zero-order valence-corrected chi connectivity index (χ0v) is 10.8. The summed E-state index contributed by atoms with van der Waals surface area (Å²) in [5.41, 5.74) is 8.39. The van der Waals surface area contributed by atoms with Crippen LogP contribution >= 0.6 is 15.9 Å². The minimum atomic E-state index is 0.286. The summed E-state index contributed by atoms with van der Waals surface area (Å²) in [6.07, 6.45) is 4.18. The maximum absolute atomic E-state index is 5.86. The van der Waals surface area contributed by atoms with Crippen molar-refractivity contribution >= 4 is 15.9 Å². The molecule has 0 amide bonds. The second-order valence-corrected chi connectivity index (χ2v) is 4.87. The summed E-state index contributed by atoms with van der Waals surface area (Å²) in [6.45, 7) is 0.631. The van der Waals surface area contributed by atoms with Gasteiger partial charge in [-0.25, -0.2) is 0 Å². The predicted molar refractivity (Wildman–Crippen MR) is 70.5 cm³/mol. The van der Waals surface area contributed by atoms with Gasteiger partial charge >= 0.3 is 0 Å². The largest absolute Gasteiger partial charge is 0.357 e. The summed E-state index contributed by atoms with van der Waals surface area (Å²) >= 11 is 3.44. The number of hydrogen-bond acceptors (Lipinski definition) is 1. The Bertz CT molecular complexity index is 459. The number of hydrogen-bond donors (Lipinski definition) is 1. The molecule has 0 saturated heterocycles. The van der Waals surface area contributed by atoms with E-state index < -0.39 is 0 Å². The summed E-state index contributed by atoms with van der Waals surface area (Å²) in [5.74, 6) is 0.286. The quantitative estimate of drug-likeness (QED) is 0.920. The van der Waals surface area contributed by atoms with Crippen molar-refractivity contribution in [1.29, 1.82) is 0 Å². The van der Waals surface area contributed by atoms with Crippen LogP contribution < -0.4 is 5.73 Å². The van der Waals surface area contributed by atoms with Gasteiger partial charge in [-0.15, -0.1) is 0 Å². The fraction of sp³-hybridized carbons (Fsp3) is 0.231. The van der Waals surface area contributed by atoms with Crippen LogP contribution in [0.3, 0.4) is 0 Å². The van der Waals surface area contributed by atoms with Crippen molar-refractivity contribution in [3.8, 4) is 0 Å². The number of halogens is 1. The fourth-order valence-corrected chi connectivity index (χ4v) is 2.16. The van der Waals surface area contributed by atoms with E-state index in [2.05, 4.69) is 63.2 Å². The number of aromatic nitrogens is 1. The topological polar surface area (TPSA) is 30.9 Å². The van der Waals surface area contributed by atoms with Crippen LogP contribution in [0.2, 0.25) is 0 Å². The van der Waals surface area contributed by atoms with Gasteiger partial charge < -0.3 is 10.3 Å². The second kappa shape index (κ2) is 4.85. The maximum atomic E-state index is 5.86. The fourth-order valence-electron chi connectivity index (χ4n) is 1.89. The Hall–Kier alpha value is -1.06. The molecule has 0 bridgehead atoms. The van der Waals surface area contributed by atoms with Crippen LogP contribution in [0.4, 0.5) is 0 Å². The van der Waals surface area contributed by atoms with Crippen molar-refractivity contribution in [1.82, 2.24) is 4.57 Å². The van der Waals surface area contributed by atoms with Gasteiger partial charge in [-0.3, -0.25) is 0 Å². The molecular formula is C13H15BrN2. The Morgan fingerprint density at radius 2 is 1.88 bits per heavy atom. The average Bonchev–Trinajstić information content (AvgIpc) is 2.69. The van der Waals surface area contributed by atoms with Crippen LogP contribution in [0.1, 0.15) is 17.0 Å². The molecule has 16 heavy (non-hydrogen) atoms. The van der Waals surface area contributed by atoms with Gasteiger partial charge in [-0.2, -0.15) is 0 Å². The Morgan fingerprint density at radius 3 is 2.38 bits per heavy atom. The molecule has 2 rings (SSSR count). The van der Waals surface area contributed by atoms with Crippen molar-refractivity contribution in [3.63, 3.8) is 0 Å². The summed E-state index contributed by atoms with van der Waals surface area (Å²) in [6, 6.07) is 10.5. The lowest BCUT2D eigenvalue weighted by Crippen LogP contribution is -2.13. The predicted octanol–water partition coefficient (Wildman–Crippen LogP) is 2.88. The molecule has 0 fully saturated rings. The van der Waals surface area contributed by atoms with Gasteiger partial charge in [0.2, 0.25) is 0 Å². The highest BCUT2D eigenvalue weighted by atomic mass is 79.9. The van der Waals surface area contributed by atoms with E-state index in [4.69, 9.17) is 5.73 Å².